The Kier molecular flexibility index (Phi) is 6.85. The Morgan fingerprint density at radius 3 is 2.60 bits per heavy atom. The van der Waals surface area contributed by atoms with Crippen LogP contribution in [0.5, 0.6) is 5.75 Å². The number of aryl methyl sites for hydroxylation is 1. The van der Waals surface area contributed by atoms with Gasteiger partial charge in [-0.15, -0.1) is 0 Å². The van der Waals surface area contributed by atoms with Gasteiger partial charge in [-0.25, -0.2) is 18.2 Å². The Morgan fingerprint density at radius 2 is 1.90 bits per heavy atom. The van der Waals surface area contributed by atoms with Gasteiger partial charge in [0, 0.05) is 11.1 Å². The number of carboxylic acids is 1. The van der Waals surface area contributed by atoms with E-state index >= 15 is 0 Å². The molecule has 1 heterocycles. The van der Waals surface area contributed by atoms with Crippen LogP contribution in [0.25, 0.3) is 10.9 Å². The number of fused-ring (bicyclic) bond motifs is 1. The molecule has 0 bridgehead atoms. The third-order valence-electron chi connectivity index (χ3n) is 4.42. The molecule has 0 aliphatic rings. The molecule has 0 atom stereocenters. The van der Waals surface area contributed by atoms with Crippen LogP contribution < -0.4 is 4.74 Å². The average molecular weight is 468 g/mol. The van der Waals surface area contributed by atoms with Gasteiger partial charge in [-0.05, 0) is 49.6 Å². The first-order valence-corrected chi connectivity index (χ1v) is 11.5. The molecule has 0 amide bonds. The van der Waals surface area contributed by atoms with Crippen molar-refractivity contribution in [1.82, 2.24) is 4.98 Å². The maximum Gasteiger partial charge on any atom is 0.354 e. The molecule has 1 aromatic heterocycles. The molecule has 158 valence electrons. The molecule has 3 rings (SSSR count). The molecular formula is C21H19Cl2NO5S. The molecule has 3 aromatic rings. The van der Waals surface area contributed by atoms with E-state index < -0.39 is 15.8 Å². The van der Waals surface area contributed by atoms with E-state index in [1.165, 1.54) is 18.2 Å². The molecule has 0 aliphatic heterocycles. The molecule has 1 N–H and O–H groups in total. The van der Waals surface area contributed by atoms with Gasteiger partial charge in [-0.3, -0.25) is 0 Å². The zero-order chi connectivity index (χ0) is 21.9. The summed E-state index contributed by atoms with van der Waals surface area (Å²) in [4.78, 5) is 15.7. The number of aromatic carboxylic acids is 1. The number of sulfone groups is 1. The third kappa shape index (κ3) is 5.22. The number of aromatic nitrogens is 1. The molecular weight excluding hydrogens is 449 g/mol. The summed E-state index contributed by atoms with van der Waals surface area (Å²) in [7, 11) is -3.37. The lowest BCUT2D eigenvalue weighted by molar-refractivity contribution is 0.0690. The molecule has 6 nitrogen and oxygen atoms in total. The summed E-state index contributed by atoms with van der Waals surface area (Å²) >= 11 is 12.2. The van der Waals surface area contributed by atoms with Gasteiger partial charge >= 0.3 is 5.97 Å². The first kappa shape index (κ1) is 22.3. The lowest BCUT2D eigenvalue weighted by atomic mass is 10.1. The molecule has 0 saturated heterocycles. The van der Waals surface area contributed by atoms with Gasteiger partial charge in [0.1, 0.15) is 5.75 Å². The van der Waals surface area contributed by atoms with E-state index in [2.05, 4.69) is 4.98 Å². The molecule has 9 heteroatoms. The second kappa shape index (κ2) is 9.20. The maximum absolute atomic E-state index is 12.4. The SMILES string of the molecule is Cc1cccc(S(=O)(=O)CCCCOc2cc(C(=O)O)nc3cc(Cl)cc(Cl)c23)c1. The summed E-state index contributed by atoms with van der Waals surface area (Å²) in [5, 5.41) is 10.4. The van der Waals surface area contributed by atoms with Gasteiger partial charge < -0.3 is 9.84 Å². The maximum atomic E-state index is 12.4. The van der Waals surface area contributed by atoms with Crippen molar-refractivity contribution in [3.63, 3.8) is 0 Å². The van der Waals surface area contributed by atoms with Crippen LogP contribution in [0.2, 0.25) is 10.0 Å². The van der Waals surface area contributed by atoms with Gasteiger partial charge in [-0.1, -0.05) is 35.3 Å². The summed E-state index contributed by atoms with van der Waals surface area (Å²) in [6.45, 7) is 2.04. The van der Waals surface area contributed by atoms with Crippen molar-refractivity contribution in [3.8, 4) is 5.75 Å². The summed E-state index contributed by atoms with van der Waals surface area (Å²) in [5.74, 6) is -0.948. The monoisotopic (exact) mass is 467 g/mol. The normalized spacial score (nSPS) is 11.6. The average Bonchev–Trinajstić information content (AvgIpc) is 2.66. The Bertz CT molecular complexity index is 1210. The minimum Gasteiger partial charge on any atom is -0.493 e. The van der Waals surface area contributed by atoms with E-state index in [-0.39, 0.29) is 23.8 Å². The standard InChI is InChI=1S/C21H19Cl2NO5S/c1-13-5-4-6-15(9-13)30(27,28)8-3-2-7-29-19-12-18(21(25)26)24-17-11-14(22)10-16(23)20(17)19/h4-6,9-12H,2-3,7-8H2,1H3,(H,25,26). The van der Waals surface area contributed by atoms with E-state index in [0.29, 0.717) is 38.7 Å². The number of rotatable bonds is 8. The number of carbonyl (C=O) groups is 1. The molecule has 0 aliphatic carbocycles. The van der Waals surface area contributed by atoms with Crippen LogP contribution in [0, 0.1) is 6.92 Å². The number of hydrogen-bond acceptors (Lipinski definition) is 5. The molecule has 0 saturated carbocycles. The number of halogens is 2. The molecule has 2 aromatic carbocycles. The van der Waals surface area contributed by atoms with E-state index in [9.17, 15) is 18.3 Å². The van der Waals surface area contributed by atoms with Crippen LogP contribution in [-0.4, -0.2) is 36.8 Å². The predicted octanol–water partition coefficient (Wildman–Crippen LogP) is 5.18. The van der Waals surface area contributed by atoms with E-state index in [4.69, 9.17) is 27.9 Å². The fourth-order valence-corrected chi connectivity index (χ4v) is 5.02. The molecule has 30 heavy (non-hydrogen) atoms. The number of hydrogen-bond donors (Lipinski definition) is 1. The predicted molar refractivity (Wildman–Crippen MR) is 117 cm³/mol. The van der Waals surface area contributed by atoms with Gasteiger partial charge in [0.15, 0.2) is 15.5 Å². The van der Waals surface area contributed by atoms with Crippen LogP contribution in [0.15, 0.2) is 47.4 Å². The zero-order valence-electron chi connectivity index (χ0n) is 16.1. The van der Waals surface area contributed by atoms with Crippen molar-refractivity contribution in [2.75, 3.05) is 12.4 Å². The van der Waals surface area contributed by atoms with Crippen molar-refractivity contribution in [2.45, 2.75) is 24.7 Å². The number of carboxylic acid groups (broad SMARTS) is 1. The van der Waals surface area contributed by atoms with Crippen molar-refractivity contribution >= 4 is 49.9 Å². The van der Waals surface area contributed by atoms with Crippen LogP contribution in [-0.2, 0) is 9.84 Å². The number of unbranched alkanes of at least 4 members (excludes halogenated alkanes) is 1. The minimum atomic E-state index is -3.37. The van der Waals surface area contributed by atoms with Crippen molar-refractivity contribution in [1.29, 1.82) is 0 Å². The zero-order valence-corrected chi connectivity index (χ0v) is 18.4. The smallest absolute Gasteiger partial charge is 0.354 e. The Labute approximate surface area is 184 Å². The Hall–Kier alpha value is -2.35. The summed E-state index contributed by atoms with van der Waals surface area (Å²) in [6.07, 6.45) is 0.854. The van der Waals surface area contributed by atoms with E-state index in [1.807, 2.05) is 13.0 Å². The van der Waals surface area contributed by atoms with Gasteiger partial charge in [-0.2, -0.15) is 0 Å². The van der Waals surface area contributed by atoms with Crippen LogP contribution >= 0.6 is 23.2 Å². The number of benzene rings is 2. The topological polar surface area (TPSA) is 93.6 Å². The highest BCUT2D eigenvalue weighted by atomic mass is 35.5. The highest BCUT2D eigenvalue weighted by molar-refractivity contribution is 7.91. The number of pyridine rings is 1. The van der Waals surface area contributed by atoms with E-state index in [0.717, 1.165) is 5.56 Å². The van der Waals surface area contributed by atoms with Gasteiger partial charge in [0.25, 0.3) is 0 Å². The highest BCUT2D eigenvalue weighted by Gasteiger charge is 2.16. The molecule has 0 unspecified atom stereocenters. The van der Waals surface area contributed by atoms with Crippen molar-refractivity contribution in [2.24, 2.45) is 0 Å². The van der Waals surface area contributed by atoms with Gasteiger partial charge in [0.2, 0.25) is 0 Å². The van der Waals surface area contributed by atoms with Crippen LogP contribution in [0.1, 0.15) is 28.9 Å². The Morgan fingerprint density at radius 1 is 1.13 bits per heavy atom. The molecule has 0 radical (unpaired) electrons. The third-order valence-corrected chi connectivity index (χ3v) is 6.74. The highest BCUT2D eigenvalue weighted by Crippen LogP contribution is 2.34. The van der Waals surface area contributed by atoms with Crippen LogP contribution in [0.4, 0.5) is 0 Å². The fraction of sp³-hybridized carbons (Fsp3) is 0.238. The second-order valence-electron chi connectivity index (χ2n) is 6.78. The summed E-state index contributed by atoms with van der Waals surface area (Å²) in [5.41, 5.74) is 0.998. The van der Waals surface area contributed by atoms with Crippen molar-refractivity contribution < 1.29 is 23.1 Å². The lowest BCUT2D eigenvalue weighted by Crippen LogP contribution is -2.09. The fourth-order valence-electron chi connectivity index (χ4n) is 2.98. The van der Waals surface area contributed by atoms with Crippen LogP contribution in [0.3, 0.4) is 0 Å². The quantitative estimate of drug-likeness (QED) is 0.458. The minimum absolute atomic E-state index is 0.00630. The number of ether oxygens (including phenoxy) is 1. The summed E-state index contributed by atoms with van der Waals surface area (Å²) in [6, 6.07) is 11.1. The summed E-state index contributed by atoms with van der Waals surface area (Å²) < 4.78 is 30.6. The first-order chi connectivity index (χ1) is 14.2. The first-order valence-electron chi connectivity index (χ1n) is 9.13. The van der Waals surface area contributed by atoms with Crippen molar-refractivity contribution in [3.05, 3.63) is 63.8 Å². The second-order valence-corrected chi connectivity index (χ2v) is 9.74. The molecule has 0 spiro atoms. The molecule has 0 fully saturated rings. The van der Waals surface area contributed by atoms with E-state index in [1.54, 1.807) is 18.2 Å². The van der Waals surface area contributed by atoms with Gasteiger partial charge in [0.05, 0.1) is 33.2 Å². The number of nitrogens with zero attached hydrogens (tertiary/aromatic N) is 1. The Balaban J connectivity index is 1.69. The largest absolute Gasteiger partial charge is 0.493 e. The lowest BCUT2D eigenvalue weighted by Gasteiger charge is -2.12.